The first-order chi connectivity index (χ1) is 10.2. The predicted molar refractivity (Wildman–Crippen MR) is 81.1 cm³/mol. The highest BCUT2D eigenvalue weighted by Crippen LogP contribution is 2.23. The van der Waals surface area contributed by atoms with Crippen LogP contribution in [0.15, 0.2) is 36.8 Å². The van der Waals surface area contributed by atoms with E-state index in [4.69, 9.17) is 21.6 Å². The van der Waals surface area contributed by atoms with Crippen molar-refractivity contribution in [1.82, 2.24) is 9.97 Å². The number of halogens is 1. The number of anilines is 1. The van der Waals surface area contributed by atoms with Crippen molar-refractivity contribution in [3.05, 3.63) is 52.9 Å². The van der Waals surface area contributed by atoms with Crippen LogP contribution in [-0.2, 0) is 11.3 Å². The molecular weight excluding hydrogens is 288 g/mol. The van der Waals surface area contributed by atoms with E-state index < -0.39 is 0 Å². The van der Waals surface area contributed by atoms with E-state index >= 15 is 0 Å². The molecule has 0 aliphatic heterocycles. The number of nitriles is 1. The first kappa shape index (κ1) is 15.2. The standard InChI is InChI=1S/C15H15ClN4O/c1-21-7-6-20(15-14(16)9-18-11-19-15)10-13-4-2-12(8-17)3-5-13/h2-5,9,11H,6-7,10H2,1H3. The van der Waals surface area contributed by atoms with Crippen molar-refractivity contribution in [1.29, 1.82) is 5.26 Å². The Balaban J connectivity index is 2.20. The molecule has 108 valence electrons. The molecule has 0 radical (unpaired) electrons. The van der Waals surface area contributed by atoms with Crippen molar-refractivity contribution in [3.8, 4) is 6.07 Å². The summed E-state index contributed by atoms with van der Waals surface area (Å²) in [5, 5.41) is 9.33. The van der Waals surface area contributed by atoms with Gasteiger partial charge in [-0.2, -0.15) is 5.26 Å². The topological polar surface area (TPSA) is 62.0 Å². The van der Waals surface area contributed by atoms with Crippen LogP contribution < -0.4 is 4.90 Å². The fourth-order valence-corrected chi connectivity index (χ4v) is 2.13. The van der Waals surface area contributed by atoms with Gasteiger partial charge in [0.2, 0.25) is 0 Å². The van der Waals surface area contributed by atoms with Gasteiger partial charge in [-0.05, 0) is 17.7 Å². The molecule has 5 nitrogen and oxygen atoms in total. The van der Waals surface area contributed by atoms with Crippen molar-refractivity contribution in [2.45, 2.75) is 6.54 Å². The summed E-state index contributed by atoms with van der Waals surface area (Å²) in [6, 6.07) is 9.55. The molecule has 0 fully saturated rings. The Kier molecular flexibility index (Phi) is 5.50. The zero-order valence-corrected chi connectivity index (χ0v) is 12.4. The maximum atomic E-state index is 8.83. The molecule has 0 bridgehead atoms. The minimum Gasteiger partial charge on any atom is -0.383 e. The van der Waals surface area contributed by atoms with Gasteiger partial charge in [-0.15, -0.1) is 0 Å². The average Bonchev–Trinajstić information content (AvgIpc) is 2.53. The van der Waals surface area contributed by atoms with Crippen molar-refractivity contribution in [2.24, 2.45) is 0 Å². The number of hydrogen-bond donors (Lipinski definition) is 0. The Morgan fingerprint density at radius 3 is 2.71 bits per heavy atom. The highest BCUT2D eigenvalue weighted by atomic mass is 35.5. The first-order valence-corrected chi connectivity index (χ1v) is 6.81. The molecule has 2 rings (SSSR count). The number of hydrogen-bond acceptors (Lipinski definition) is 5. The quantitative estimate of drug-likeness (QED) is 0.821. The van der Waals surface area contributed by atoms with Gasteiger partial charge in [-0.1, -0.05) is 23.7 Å². The van der Waals surface area contributed by atoms with E-state index in [-0.39, 0.29) is 0 Å². The van der Waals surface area contributed by atoms with Crippen LogP contribution in [-0.4, -0.2) is 30.2 Å². The molecule has 0 saturated heterocycles. The molecule has 0 saturated carbocycles. The highest BCUT2D eigenvalue weighted by Gasteiger charge is 2.12. The maximum Gasteiger partial charge on any atom is 0.151 e. The average molecular weight is 303 g/mol. The third-order valence-corrected chi connectivity index (χ3v) is 3.24. The largest absolute Gasteiger partial charge is 0.383 e. The van der Waals surface area contributed by atoms with Gasteiger partial charge >= 0.3 is 0 Å². The summed E-state index contributed by atoms with van der Waals surface area (Å²) < 4.78 is 5.14. The molecular formula is C15H15ClN4O. The van der Waals surface area contributed by atoms with Crippen LogP contribution in [0.25, 0.3) is 0 Å². The lowest BCUT2D eigenvalue weighted by Crippen LogP contribution is -2.28. The third kappa shape index (κ3) is 4.15. The second kappa shape index (κ2) is 7.58. The van der Waals surface area contributed by atoms with E-state index in [9.17, 15) is 0 Å². The number of methoxy groups -OCH3 is 1. The summed E-state index contributed by atoms with van der Waals surface area (Å²) in [5.41, 5.74) is 1.71. The van der Waals surface area contributed by atoms with E-state index in [2.05, 4.69) is 16.0 Å². The summed E-state index contributed by atoms with van der Waals surface area (Å²) in [6.45, 7) is 1.86. The fourth-order valence-electron chi connectivity index (χ4n) is 1.91. The lowest BCUT2D eigenvalue weighted by Gasteiger charge is -2.24. The Labute approximate surface area is 128 Å². The van der Waals surface area contributed by atoms with Gasteiger partial charge in [-0.25, -0.2) is 9.97 Å². The van der Waals surface area contributed by atoms with Crippen LogP contribution in [0.5, 0.6) is 0 Å². The Bertz CT molecular complexity index is 624. The van der Waals surface area contributed by atoms with Crippen LogP contribution in [0.1, 0.15) is 11.1 Å². The monoisotopic (exact) mass is 302 g/mol. The highest BCUT2D eigenvalue weighted by molar-refractivity contribution is 6.32. The van der Waals surface area contributed by atoms with Gasteiger partial charge in [0.1, 0.15) is 11.3 Å². The number of benzene rings is 1. The summed E-state index contributed by atoms with van der Waals surface area (Å²) in [4.78, 5) is 10.2. The summed E-state index contributed by atoms with van der Waals surface area (Å²) in [5.74, 6) is 0.674. The summed E-state index contributed by atoms with van der Waals surface area (Å²) in [7, 11) is 1.65. The third-order valence-electron chi connectivity index (χ3n) is 2.97. The van der Waals surface area contributed by atoms with Gasteiger partial charge in [-0.3, -0.25) is 0 Å². The van der Waals surface area contributed by atoms with E-state index in [0.29, 0.717) is 36.1 Å². The van der Waals surface area contributed by atoms with Gasteiger partial charge in [0, 0.05) is 20.2 Å². The Hall–Kier alpha value is -2.16. The normalized spacial score (nSPS) is 10.1. The molecule has 21 heavy (non-hydrogen) atoms. The zero-order valence-electron chi connectivity index (χ0n) is 11.7. The van der Waals surface area contributed by atoms with Gasteiger partial charge in [0.25, 0.3) is 0 Å². The van der Waals surface area contributed by atoms with Gasteiger partial charge < -0.3 is 9.64 Å². The molecule has 1 aromatic carbocycles. The first-order valence-electron chi connectivity index (χ1n) is 6.43. The van der Waals surface area contributed by atoms with E-state index in [0.717, 1.165) is 5.56 Å². The molecule has 0 aliphatic rings. The van der Waals surface area contributed by atoms with Gasteiger partial charge in [0.15, 0.2) is 5.82 Å². The van der Waals surface area contributed by atoms with Crippen molar-refractivity contribution < 1.29 is 4.74 Å². The van der Waals surface area contributed by atoms with Crippen LogP contribution >= 0.6 is 11.6 Å². The van der Waals surface area contributed by atoms with E-state index in [1.807, 2.05) is 17.0 Å². The lowest BCUT2D eigenvalue weighted by atomic mass is 10.1. The van der Waals surface area contributed by atoms with Crippen LogP contribution in [0, 0.1) is 11.3 Å². The number of aromatic nitrogens is 2. The molecule has 0 spiro atoms. The minimum absolute atomic E-state index is 0.502. The molecule has 1 heterocycles. The second-order valence-electron chi connectivity index (χ2n) is 4.42. The number of rotatable bonds is 6. The minimum atomic E-state index is 0.502. The van der Waals surface area contributed by atoms with Crippen molar-refractivity contribution in [3.63, 3.8) is 0 Å². The Morgan fingerprint density at radius 1 is 1.33 bits per heavy atom. The molecule has 0 aliphatic carbocycles. The maximum absolute atomic E-state index is 8.83. The molecule has 0 amide bonds. The fraction of sp³-hybridized carbons (Fsp3) is 0.267. The van der Waals surface area contributed by atoms with E-state index in [1.165, 1.54) is 6.33 Å². The van der Waals surface area contributed by atoms with Crippen LogP contribution in [0.3, 0.4) is 0 Å². The smallest absolute Gasteiger partial charge is 0.151 e. The lowest BCUT2D eigenvalue weighted by molar-refractivity contribution is 0.205. The predicted octanol–water partition coefficient (Wildman–Crippen LogP) is 2.65. The van der Waals surface area contributed by atoms with Crippen molar-refractivity contribution in [2.75, 3.05) is 25.2 Å². The number of ether oxygens (including phenoxy) is 1. The summed E-state index contributed by atoms with van der Waals surface area (Å²) in [6.07, 6.45) is 3.04. The number of nitrogens with zero attached hydrogens (tertiary/aromatic N) is 4. The van der Waals surface area contributed by atoms with E-state index in [1.54, 1.807) is 25.4 Å². The zero-order chi connectivity index (χ0) is 15.1. The van der Waals surface area contributed by atoms with Gasteiger partial charge in [0.05, 0.1) is 24.4 Å². The summed E-state index contributed by atoms with van der Waals surface area (Å²) >= 11 is 6.16. The molecule has 0 unspecified atom stereocenters. The van der Waals surface area contributed by atoms with Crippen LogP contribution in [0.4, 0.5) is 5.82 Å². The molecule has 6 heteroatoms. The molecule has 1 aromatic heterocycles. The molecule has 0 N–H and O–H groups in total. The Morgan fingerprint density at radius 2 is 2.10 bits per heavy atom. The molecule has 2 aromatic rings. The van der Waals surface area contributed by atoms with Crippen LogP contribution in [0.2, 0.25) is 5.02 Å². The second-order valence-corrected chi connectivity index (χ2v) is 4.82. The van der Waals surface area contributed by atoms with Crippen molar-refractivity contribution >= 4 is 17.4 Å². The molecule has 0 atom stereocenters. The SMILES string of the molecule is COCCN(Cc1ccc(C#N)cc1)c1ncncc1Cl.